The minimum atomic E-state index is -0.750. The van der Waals surface area contributed by atoms with Gasteiger partial charge in [0.1, 0.15) is 0 Å². The second-order valence-electron chi connectivity index (χ2n) is 3.91. The van der Waals surface area contributed by atoms with Gasteiger partial charge in [0.2, 0.25) is 0 Å². The first kappa shape index (κ1) is 11.0. The lowest BCUT2D eigenvalue weighted by atomic mass is 9.92. The Hall–Kier alpha value is -1.08. The van der Waals surface area contributed by atoms with Gasteiger partial charge in [0.25, 0.3) is 0 Å². The van der Waals surface area contributed by atoms with E-state index >= 15 is 0 Å². The van der Waals surface area contributed by atoms with E-state index in [0.717, 1.165) is 5.56 Å². The SMILES string of the molecule is C/C=C/CC(C)(O)c1ccc(C)cc1. The molecule has 1 unspecified atom stereocenters. The van der Waals surface area contributed by atoms with Gasteiger partial charge in [0.15, 0.2) is 0 Å². The van der Waals surface area contributed by atoms with E-state index in [1.54, 1.807) is 0 Å². The second-order valence-corrected chi connectivity index (χ2v) is 3.91. The molecule has 0 fully saturated rings. The van der Waals surface area contributed by atoms with Crippen molar-refractivity contribution in [1.82, 2.24) is 0 Å². The summed E-state index contributed by atoms with van der Waals surface area (Å²) >= 11 is 0. The topological polar surface area (TPSA) is 20.2 Å². The fourth-order valence-corrected chi connectivity index (χ4v) is 1.38. The highest BCUT2D eigenvalue weighted by atomic mass is 16.3. The van der Waals surface area contributed by atoms with Crippen molar-refractivity contribution in [3.8, 4) is 0 Å². The summed E-state index contributed by atoms with van der Waals surface area (Å²) in [7, 11) is 0. The number of benzene rings is 1. The van der Waals surface area contributed by atoms with Crippen molar-refractivity contribution in [1.29, 1.82) is 0 Å². The third kappa shape index (κ3) is 2.71. The number of aryl methyl sites for hydroxylation is 1. The Morgan fingerprint density at radius 2 is 1.86 bits per heavy atom. The maximum Gasteiger partial charge on any atom is 0.0902 e. The minimum absolute atomic E-state index is 0.659. The van der Waals surface area contributed by atoms with Gasteiger partial charge in [0, 0.05) is 0 Å². The molecule has 1 aromatic rings. The predicted molar refractivity (Wildman–Crippen MR) is 60.2 cm³/mol. The summed E-state index contributed by atoms with van der Waals surface area (Å²) in [5.41, 5.74) is 1.44. The lowest BCUT2D eigenvalue weighted by Gasteiger charge is -2.22. The molecule has 14 heavy (non-hydrogen) atoms. The van der Waals surface area contributed by atoms with Gasteiger partial charge in [-0.25, -0.2) is 0 Å². The first-order valence-corrected chi connectivity index (χ1v) is 4.97. The van der Waals surface area contributed by atoms with Crippen molar-refractivity contribution < 1.29 is 5.11 Å². The number of rotatable bonds is 3. The molecule has 0 aromatic heterocycles. The third-order valence-corrected chi connectivity index (χ3v) is 2.42. The first-order chi connectivity index (χ1) is 6.56. The zero-order valence-corrected chi connectivity index (χ0v) is 9.12. The second kappa shape index (κ2) is 4.43. The van der Waals surface area contributed by atoms with E-state index < -0.39 is 5.60 Å². The van der Waals surface area contributed by atoms with Crippen molar-refractivity contribution >= 4 is 0 Å². The molecule has 1 N–H and O–H groups in total. The molecular formula is C13H18O. The van der Waals surface area contributed by atoms with Gasteiger partial charge in [0.05, 0.1) is 5.60 Å². The van der Waals surface area contributed by atoms with Gasteiger partial charge in [-0.15, -0.1) is 0 Å². The van der Waals surface area contributed by atoms with E-state index in [4.69, 9.17) is 0 Å². The minimum Gasteiger partial charge on any atom is -0.385 e. The summed E-state index contributed by atoms with van der Waals surface area (Å²) in [4.78, 5) is 0. The van der Waals surface area contributed by atoms with Gasteiger partial charge in [-0.2, -0.15) is 0 Å². The fourth-order valence-electron chi connectivity index (χ4n) is 1.38. The lowest BCUT2D eigenvalue weighted by molar-refractivity contribution is 0.0605. The van der Waals surface area contributed by atoms with E-state index in [1.165, 1.54) is 5.56 Å². The van der Waals surface area contributed by atoms with Crippen LogP contribution in [0.1, 0.15) is 31.4 Å². The van der Waals surface area contributed by atoms with E-state index in [9.17, 15) is 5.11 Å². The van der Waals surface area contributed by atoms with Crippen LogP contribution in [0.25, 0.3) is 0 Å². The number of aliphatic hydroxyl groups is 1. The van der Waals surface area contributed by atoms with Crippen LogP contribution in [0.5, 0.6) is 0 Å². The molecule has 1 atom stereocenters. The Kier molecular flexibility index (Phi) is 3.48. The number of hydrogen-bond acceptors (Lipinski definition) is 1. The molecule has 0 aliphatic rings. The van der Waals surface area contributed by atoms with E-state index in [-0.39, 0.29) is 0 Å². The lowest BCUT2D eigenvalue weighted by Crippen LogP contribution is -2.19. The highest BCUT2D eigenvalue weighted by Gasteiger charge is 2.20. The maximum absolute atomic E-state index is 10.2. The van der Waals surface area contributed by atoms with Crippen molar-refractivity contribution in [2.24, 2.45) is 0 Å². The summed E-state index contributed by atoms with van der Waals surface area (Å²) in [5.74, 6) is 0. The van der Waals surface area contributed by atoms with Crippen LogP contribution in [0.15, 0.2) is 36.4 Å². The van der Waals surface area contributed by atoms with E-state index in [2.05, 4.69) is 0 Å². The smallest absolute Gasteiger partial charge is 0.0902 e. The van der Waals surface area contributed by atoms with Gasteiger partial charge >= 0.3 is 0 Å². The molecule has 1 heteroatoms. The zero-order valence-electron chi connectivity index (χ0n) is 9.12. The normalized spacial score (nSPS) is 15.7. The number of hydrogen-bond donors (Lipinski definition) is 1. The van der Waals surface area contributed by atoms with E-state index in [1.807, 2.05) is 57.2 Å². The summed E-state index contributed by atoms with van der Waals surface area (Å²) in [5, 5.41) is 10.2. The van der Waals surface area contributed by atoms with Crippen LogP contribution in [0.2, 0.25) is 0 Å². The van der Waals surface area contributed by atoms with Crippen LogP contribution in [0.3, 0.4) is 0 Å². The molecule has 0 saturated carbocycles. The van der Waals surface area contributed by atoms with E-state index in [0.29, 0.717) is 6.42 Å². The van der Waals surface area contributed by atoms with Crippen LogP contribution < -0.4 is 0 Å². The average Bonchev–Trinajstić information content (AvgIpc) is 2.16. The first-order valence-electron chi connectivity index (χ1n) is 4.97. The monoisotopic (exact) mass is 190 g/mol. The molecule has 0 bridgehead atoms. The van der Waals surface area contributed by atoms with Crippen molar-refractivity contribution in [2.45, 2.75) is 32.8 Å². The Morgan fingerprint density at radius 3 is 2.36 bits per heavy atom. The highest BCUT2D eigenvalue weighted by Crippen LogP contribution is 2.24. The van der Waals surface area contributed by atoms with Crippen molar-refractivity contribution in [2.75, 3.05) is 0 Å². The predicted octanol–water partition coefficient (Wildman–Crippen LogP) is 3.17. The molecule has 0 amide bonds. The van der Waals surface area contributed by atoms with Gasteiger partial charge in [-0.05, 0) is 32.8 Å². The van der Waals surface area contributed by atoms with Crippen LogP contribution in [-0.4, -0.2) is 5.11 Å². The van der Waals surface area contributed by atoms with Crippen LogP contribution in [-0.2, 0) is 5.60 Å². The van der Waals surface area contributed by atoms with Gasteiger partial charge in [-0.3, -0.25) is 0 Å². The molecule has 0 heterocycles. The quantitative estimate of drug-likeness (QED) is 0.726. The highest BCUT2D eigenvalue weighted by molar-refractivity contribution is 5.26. The number of allylic oxidation sites excluding steroid dienone is 1. The average molecular weight is 190 g/mol. The molecule has 76 valence electrons. The molecule has 0 saturated heterocycles. The summed E-state index contributed by atoms with van der Waals surface area (Å²) in [6.07, 6.45) is 4.61. The summed E-state index contributed by atoms with van der Waals surface area (Å²) < 4.78 is 0. The van der Waals surface area contributed by atoms with Crippen molar-refractivity contribution in [3.63, 3.8) is 0 Å². The van der Waals surface area contributed by atoms with Gasteiger partial charge in [-0.1, -0.05) is 42.0 Å². The summed E-state index contributed by atoms with van der Waals surface area (Å²) in [6, 6.07) is 8.02. The maximum atomic E-state index is 10.2. The van der Waals surface area contributed by atoms with Gasteiger partial charge < -0.3 is 5.11 Å². The molecule has 1 rings (SSSR count). The molecule has 0 radical (unpaired) electrons. The summed E-state index contributed by atoms with van der Waals surface area (Å²) in [6.45, 7) is 5.85. The van der Waals surface area contributed by atoms with Crippen molar-refractivity contribution in [3.05, 3.63) is 47.5 Å². The van der Waals surface area contributed by atoms with Crippen LogP contribution in [0.4, 0.5) is 0 Å². The molecule has 0 spiro atoms. The van der Waals surface area contributed by atoms with Crippen LogP contribution >= 0.6 is 0 Å². The largest absolute Gasteiger partial charge is 0.385 e. The standard InChI is InChI=1S/C13H18O/c1-4-5-10-13(3,14)12-8-6-11(2)7-9-12/h4-9,14H,10H2,1-3H3/b5-4+. The Morgan fingerprint density at radius 1 is 1.29 bits per heavy atom. The molecular weight excluding hydrogens is 172 g/mol. The zero-order chi connectivity index (χ0) is 10.6. The Balaban J connectivity index is 2.86. The fraction of sp³-hybridized carbons (Fsp3) is 0.385. The molecule has 0 aliphatic heterocycles. The molecule has 0 aliphatic carbocycles. The third-order valence-electron chi connectivity index (χ3n) is 2.42. The Bertz CT molecular complexity index is 307. The van der Waals surface area contributed by atoms with Crippen LogP contribution in [0, 0.1) is 6.92 Å². The Labute approximate surface area is 86.1 Å². The molecule has 1 aromatic carbocycles. The molecule has 1 nitrogen and oxygen atoms in total.